The average molecular weight is 394 g/mol. The lowest BCUT2D eigenvalue weighted by atomic mass is 10.2. The van der Waals surface area contributed by atoms with Crippen LogP contribution in [0, 0.1) is 0 Å². The van der Waals surface area contributed by atoms with Gasteiger partial charge in [-0.15, -0.1) is 0 Å². The van der Waals surface area contributed by atoms with Crippen LogP contribution >= 0.6 is 0 Å². The second-order valence-corrected chi connectivity index (χ2v) is 9.01. The fraction of sp³-hybridized carbons (Fsp3) is 0.579. The normalized spacial score (nSPS) is 19.7. The van der Waals surface area contributed by atoms with Gasteiger partial charge in [0, 0.05) is 26.2 Å². The molecule has 0 unspecified atom stereocenters. The summed E-state index contributed by atoms with van der Waals surface area (Å²) in [7, 11) is -3.63. The molecule has 148 valence electrons. The third kappa shape index (κ3) is 4.50. The fourth-order valence-corrected chi connectivity index (χ4v) is 5.07. The van der Waals surface area contributed by atoms with Crippen molar-refractivity contribution < 1.29 is 22.7 Å². The van der Waals surface area contributed by atoms with Crippen LogP contribution in [0.25, 0.3) is 0 Å². The number of likely N-dealkylation sites (tertiary alicyclic amines) is 1. The Hall–Kier alpha value is -1.93. The zero-order chi connectivity index (χ0) is 19.4. The molecule has 7 nitrogen and oxygen atoms in total. The Kier molecular flexibility index (Phi) is 6.16. The van der Waals surface area contributed by atoms with Gasteiger partial charge in [-0.25, -0.2) is 13.2 Å². The third-order valence-electron chi connectivity index (χ3n) is 5.07. The third-order valence-corrected chi connectivity index (χ3v) is 6.97. The van der Waals surface area contributed by atoms with Crippen molar-refractivity contribution in [2.45, 2.75) is 50.0 Å². The lowest BCUT2D eigenvalue weighted by molar-refractivity contribution is -0.138. The Morgan fingerprint density at radius 1 is 1.00 bits per heavy atom. The van der Waals surface area contributed by atoms with Crippen LogP contribution in [0.4, 0.5) is 0 Å². The molecule has 2 aliphatic rings. The van der Waals surface area contributed by atoms with Crippen LogP contribution in [0.2, 0.25) is 0 Å². The number of hydrogen-bond acceptors (Lipinski definition) is 5. The molecule has 1 atom stereocenters. The van der Waals surface area contributed by atoms with Crippen LogP contribution in [0.1, 0.15) is 49.4 Å². The van der Waals surface area contributed by atoms with E-state index in [1.54, 1.807) is 11.8 Å². The number of carbonyl (C=O) groups excluding carboxylic acids is 2. The smallest absolute Gasteiger partial charge is 0.338 e. The summed E-state index contributed by atoms with van der Waals surface area (Å²) >= 11 is 0. The summed E-state index contributed by atoms with van der Waals surface area (Å²) in [6.07, 6.45) is 3.75. The first-order valence-corrected chi connectivity index (χ1v) is 10.9. The minimum absolute atomic E-state index is 0.0809. The first kappa shape index (κ1) is 19.8. The molecule has 27 heavy (non-hydrogen) atoms. The predicted octanol–water partition coefficient (Wildman–Crippen LogP) is 2.03. The van der Waals surface area contributed by atoms with Crippen molar-refractivity contribution in [2.24, 2.45) is 0 Å². The molecular weight excluding hydrogens is 368 g/mol. The Morgan fingerprint density at radius 2 is 1.63 bits per heavy atom. The molecule has 3 rings (SSSR count). The second kappa shape index (κ2) is 8.39. The van der Waals surface area contributed by atoms with Crippen LogP contribution in [-0.2, 0) is 19.6 Å². The molecule has 2 fully saturated rings. The molecule has 0 aromatic heterocycles. The van der Waals surface area contributed by atoms with Crippen molar-refractivity contribution >= 4 is 21.9 Å². The van der Waals surface area contributed by atoms with Crippen LogP contribution < -0.4 is 0 Å². The number of sulfonamides is 1. The molecule has 0 radical (unpaired) electrons. The van der Waals surface area contributed by atoms with Crippen LogP contribution in [-0.4, -0.2) is 61.8 Å². The number of benzene rings is 1. The highest BCUT2D eigenvalue weighted by molar-refractivity contribution is 7.89. The largest absolute Gasteiger partial charge is 0.449 e. The number of amides is 1. The van der Waals surface area contributed by atoms with Crippen molar-refractivity contribution in [3.63, 3.8) is 0 Å². The van der Waals surface area contributed by atoms with Gasteiger partial charge in [0.25, 0.3) is 5.91 Å². The first-order chi connectivity index (χ1) is 12.9. The van der Waals surface area contributed by atoms with Crippen molar-refractivity contribution in [1.29, 1.82) is 0 Å². The van der Waals surface area contributed by atoms with Crippen molar-refractivity contribution in [2.75, 3.05) is 26.2 Å². The van der Waals surface area contributed by atoms with E-state index in [4.69, 9.17) is 4.74 Å². The molecule has 0 bridgehead atoms. The van der Waals surface area contributed by atoms with Gasteiger partial charge in [0.05, 0.1) is 10.5 Å². The molecule has 8 heteroatoms. The number of carbonyl (C=O) groups is 2. The highest BCUT2D eigenvalue weighted by Gasteiger charge is 2.28. The van der Waals surface area contributed by atoms with Gasteiger partial charge in [-0.2, -0.15) is 4.31 Å². The van der Waals surface area contributed by atoms with E-state index in [9.17, 15) is 18.0 Å². The molecule has 2 heterocycles. The topological polar surface area (TPSA) is 84.0 Å². The van der Waals surface area contributed by atoms with E-state index in [1.807, 2.05) is 0 Å². The Morgan fingerprint density at radius 3 is 2.30 bits per heavy atom. The summed E-state index contributed by atoms with van der Waals surface area (Å²) in [5, 5.41) is 0. The average Bonchev–Trinajstić information content (AvgIpc) is 3.23. The number of ether oxygens (including phenoxy) is 1. The van der Waals surface area contributed by atoms with Gasteiger partial charge in [-0.1, -0.05) is 12.5 Å². The molecule has 1 amide bonds. The lowest BCUT2D eigenvalue weighted by Gasteiger charge is -2.26. The molecule has 0 spiro atoms. The number of nitrogens with zero attached hydrogens (tertiary/aromatic N) is 2. The van der Waals surface area contributed by atoms with Gasteiger partial charge in [0.1, 0.15) is 0 Å². The first-order valence-electron chi connectivity index (χ1n) is 9.49. The maximum atomic E-state index is 12.8. The summed E-state index contributed by atoms with van der Waals surface area (Å²) in [6.45, 7) is 3.91. The van der Waals surface area contributed by atoms with Crippen LogP contribution in [0.15, 0.2) is 29.2 Å². The van der Waals surface area contributed by atoms with Crippen LogP contribution in [0.3, 0.4) is 0 Å². The van der Waals surface area contributed by atoms with Crippen molar-refractivity contribution in [3.05, 3.63) is 29.8 Å². The maximum absolute atomic E-state index is 12.8. The SMILES string of the molecule is C[C@@H](OC(=O)c1cccc(S(=O)(=O)N2CCCCC2)c1)C(=O)N1CCCC1. The molecule has 2 aliphatic heterocycles. The monoisotopic (exact) mass is 394 g/mol. The molecule has 0 N–H and O–H groups in total. The quantitative estimate of drug-likeness (QED) is 0.714. The molecular formula is C19H26N2O5S. The molecule has 2 saturated heterocycles. The summed E-state index contributed by atoms with van der Waals surface area (Å²) in [6, 6.07) is 5.85. The van der Waals surface area contributed by atoms with Crippen LogP contribution in [0.5, 0.6) is 0 Å². The van der Waals surface area contributed by atoms with E-state index in [1.165, 1.54) is 28.6 Å². The highest BCUT2D eigenvalue weighted by atomic mass is 32.2. The zero-order valence-electron chi connectivity index (χ0n) is 15.6. The predicted molar refractivity (Wildman–Crippen MR) is 99.7 cm³/mol. The lowest BCUT2D eigenvalue weighted by Crippen LogP contribution is -2.38. The van der Waals surface area contributed by atoms with Crippen molar-refractivity contribution in [1.82, 2.24) is 9.21 Å². The molecule has 0 saturated carbocycles. The highest BCUT2D eigenvalue weighted by Crippen LogP contribution is 2.22. The van der Waals surface area contributed by atoms with E-state index < -0.39 is 22.1 Å². The zero-order valence-corrected chi connectivity index (χ0v) is 16.4. The summed E-state index contributed by atoms with van der Waals surface area (Å²) in [5.41, 5.74) is 0.133. The molecule has 1 aromatic rings. The van der Waals surface area contributed by atoms with E-state index in [0.29, 0.717) is 26.2 Å². The van der Waals surface area contributed by atoms with E-state index in [0.717, 1.165) is 32.1 Å². The Bertz CT molecular complexity index is 796. The summed E-state index contributed by atoms with van der Waals surface area (Å²) in [5.74, 6) is -0.899. The van der Waals surface area contributed by atoms with Gasteiger partial charge in [-0.3, -0.25) is 4.79 Å². The number of piperidine rings is 1. The fourth-order valence-electron chi connectivity index (χ4n) is 3.51. The van der Waals surface area contributed by atoms with E-state index >= 15 is 0 Å². The van der Waals surface area contributed by atoms with Gasteiger partial charge < -0.3 is 9.64 Å². The molecule has 1 aromatic carbocycles. The maximum Gasteiger partial charge on any atom is 0.338 e. The minimum Gasteiger partial charge on any atom is -0.449 e. The standard InChI is InChI=1S/C19H26N2O5S/c1-15(18(22)20-10-5-6-11-20)26-19(23)16-8-7-9-17(14-16)27(24,25)21-12-3-2-4-13-21/h7-9,14-15H,2-6,10-13H2,1H3/t15-/m1/s1. The second-order valence-electron chi connectivity index (χ2n) is 7.07. The minimum atomic E-state index is -3.63. The van der Waals surface area contributed by atoms with E-state index in [2.05, 4.69) is 0 Å². The Labute approximate surface area is 160 Å². The van der Waals surface area contributed by atoms with E-state index in [-0.39, 0.29) is 16.4 Å². The number of esters is 1. The summed E-state index contributed by atoms with van der Waals surface area (Å²) in [4.78, 5) is 26.5. The van der Waals surface area contributed by atoms with Crippen molar-refractivity contribution in [3.8, 4) is 0 Å². The summed E-state index contributed by atoms with van der Waals surface area (Å²) < 4.78 is 32.3. The van der Waals surface area contributed by atoms with Gasteiger partial charge in [0.15, 0.2) is 6.10 Å². The molecule has 0 aliphatic carbocycles. The van der Waals surface area contributed by atoms with Gasteiger partial charge in [-0.05, 0) is 50.8 Å². The number of hydrogen-bond donors (Lipinski definition) is 0. The van der Waals surface area contributed by atoms with Gasteiger partial charge >= 0.3 is 5.97 Å². The Balaban J connectivity index is 1.70. The van der Waals surface area contributed by atoms with Gasteiger partial charge in [0.2, 0.25) is 10.0 Å². The number of rotatable bonds is 5.